The van der Waals surface area contributed by atoms with Crippen molar-refractivity contribution in [1.82, 2.24) is 4.90 Å². The van der Waals surface area contributed by atoms with Crippen LogP contribution >= 0.6 is 0 Å². The molecular weight excluding hydrogens is 344 g/mol. The van der Waals surface area contributed by atoms with Crippen LogP contribution in [0, 0.1) is 0 Å². The molecule has 0 aliphatic rings. The summed E-state index contributed by atoms with van der Waals surface area (Å²) in [5.41, 5.74) is 0. The average molecular weight is 369 g/mol. The molecule has 22 heavy (non-hydrogen) atoms. The minimum Gasteiger partial charge on any atom is -0.379 e. The Hall–Kier alpha value is -0.400. The first-order valence-corrected chi connectivity index (χ1v) is 9.04. The molecule has 0 fully saturated rings. The van der Waals surface area contributed by atoms with E-state index in [2.05, 4.69) is 33.1 Å². The van der Waals surface area contributed by atoms with Gasteiger partial charge in [0.15, 0.2) is 0 Å². The van der Waals surface area contributed by atoms with Crippen molar-refractivity contribution in [3.8, 4) is 0 Å². The Labute approximate surface area is 132 Å². The predicted molar refractivity (Wildman–Crippen MR) is 80.3 cm³/mol. The number of nitrogens with zero attached hydrogens (tertiary/aromatic N) is 3. The van der Waals surface area contributed by atoms with Crippen molar-refractivity contribution in [3.63, 3.8) is 0 Å². The molecule has 136 valence electrons. The number of likely N-dealkylation sites (N-methyl/N-ethyl adjacent to an activating group) is 2. The highest BCUT2D eigenvalue weighted by Gasteiger charge is 2.14. The van der Waals surface area contributed by atoms with E-state index in [0.717, 1.165) is 34.9 Å². The van der Waals surface area contributed by atoms with Crippen LogP contribution in [0.5, 0.6) is 0 Å². The van der Waals surface area contributed by atoms with Crippen LogP contribution in [-0.2, 0) is 25.6 Å². The van der Waals surface area contributed by atoms with Crippen molar-refractivity contribution >= 4 is 20.8 Å². The highest BCUT2D eigenvalue weighted by atomic mass is 32.3. The first-order valence-electron chi connectivity index (χ1n) is 6.36. The summed E-state index contributed by atoms with van der Waals surface area (Å²) in [5, 5.41) is 0. The zero-order chi connectivity index (χ0) is 18.0. The van der Waals surface area contributed by atoms with Gasteiger partial charge in [0.2, 0.25) is 20.8 Å². The Morgan fingerprint density at radius 3 is 1.77 bits per heavy atom. The summed E-state index contributed by atoms with van der Waals surface area (Å²) in [6, 6.07) is 0. The van der Waals surface area contributed by atoms with E-state index in [1.165, 1.54) is 6.54 Å². The molecule has 0 unspecified atom stereocenters. The van der Waals surface area contributed by atoms with E-state index in [1.807, 2.05) is 6.92 Å². The van der Waals surface area contributed by atoms with Gasteiger partial charge in [-0.05, 0) is 21.0 Å². The zero-order valence-corrected chi connectivity index (χ0v) is 15.1. The van der Waals surface area contributed by atoms with Crippen LogP contribution in [0.15, 0.2) is 0 Å². The topological polar surface area (TPSA) is 94.8 Å². The number of rotatable bonds is 9. The summed E-state index contributed by atoms with van der Waals surface area (Å²) in [4.78, 5) is 2.22. The second kappa shape index (κ2) is 10.4. The average Bonchev–Trinajstić information content (AvgIpc) is 2.22. The second-order valence-corrected chi connectivity index (χ2v) is 7.53. The lowest BCUT2D eigenvalue weighted by molar-refractivity contribution is -0.890. The maximum absolute atomic E-state index is 11.1. The Morgan fingerprint density at radius 2 is 1.50 bits per heavy atom. The molecule has 0 N–H and O–H groups in total. The Kier molecular flexibility index (Phi) is 11.3. The van der Waals surface area contributed by atoms with Gasteiger partial charge in [-0.2, -0.15) is 0 Å². The summed E-state index contributed by atoms with van der Waals surface area (Å²) in [6.45, 7) is 7.16. The van der Waals surface area contributed by atoms with Crippen molar-refractivity contribution in [2.75, 3.05) is 61.0 Å². The van der Waals surface area contributed by atoms with Crippen molar-refractivity contribution in [1.29, 1.82) is 0 Å². The molecule has 0 heterocycles. The molecule has 0 bridgehead atoms. The lowest BCUT2D eigenvalue weighted by Gasteiger charge is -2.30. The largest absolute Gasteiger partial charge is 0.379 e. The summed E-state index contributed by atoms with van der Waals surface area (Å²) in [5.74, 6) is 0. The molecule has 0 aliphatic carbocycles. The fraction of sp³-hybridized carbons (Fsp3) is 1.00. The molecule has 0 saturated carbocycles. The lowest BCUT2D eigenvalue weighted by Crippen LogP contribution is -2.46. The van der Waals surface area contributed by atoms with Gasteiger partial charge in [-0.3, -0.25) is 0 Å². The smallest absolute Gasteiger partial charge is 0.241 e. The monoisotopic (exact) mass is 369 g/mol. The molecule has 0 aliphatic heterocycles. The zero-order valence-electron chi connectivity index (χ0n) is 13.5. The standard InChI is InChI=1S/C10H25N2O.F2NO4S2/c1-6-13-10-9-12(4,5)8-7-11(2)3;1-8(4,5)3-9(2,6)7/h6-10H2,1-5H3;/q+1;-1. The van der Waals surface area contributed by atoms with Gasteiger partial charge in [-0.25, -0.2) is 16.8 Å². The molecule has 8 nitrogen and oxygen atoms in total. The summed E-state index contributed by atoms with van der Waals surface area (Å²) in [7, 11) is -2.51. The van der Waals surface area contributed by atoms with E-state index in [0.29, 0.717) is 0 Å². The van der Waals surface area contributed by atoms with Crippen LogP contribution in [0.4, 0.5) is 7.77 Å². The highest BCUT2D eigenvalue weighted by Crippen LogP contribution is 2.11. The van der Waals surface area contributed by atoms with Gasteiger partial charge in [-0.15, -0.1) is 7.77 Å². The molecule has 0 radical (unpaired) electrons. The molecule has 0 spiro atoms. The Balaban J connectivity index is 0. The fourth-order valence-electron chi connectivity index (χ4n) is 1.14. The number of quaternary nitrogens is 1. The highest BCUT2D eigenvalue weighted by molar-refractivity contribution is 8.07. The van der Waals surface area contributed by atoms with Gasteiger partial charge in [0.05, 0.1) is 27.2 Å². The van der Waals surface area contributed by atoms with Crippen molar-refractivity contribution in [2.45, 2.75) is 6.92 Å². The number of hydrogen-bond donors (Lipinski definition) is 0. The van der Waals surface area contributed by atoms with Crippen molar-refractivity contribution in [2.24, 2.45) is 0 Å². The first kappa shape index (κ1) is 23.9. The van der Waals surface area contributed by atoms with Crippen LogP contribution in [0.25, 0.3) is 4.13 Å². The fourth-order valence-corrected chi connectivity index (χ4v) is 2.00. The van der Waals surface area contributed by atoms with Gasteiger partial charge in [-0.1, -0.05) is 0 Å². The van der Waals surface area contributed by atoms with Crippen LogP contribution < -0.4 is 0 Å². The maximum Gasteiger partial charge on any atom is 0.241 e. The van der Waals surface area contributed by atoms with Crippen LogP contribution in [-0.4, -0.2) is 87.3 Å². The van der Waals surface area contributed by atoms with Gasteiger partial charge in [0.25, 0.3) is 0 Å². The van der Waals surface area contributed by atoms with Crippen molar-refractivity contribution < 1.29 is 33.8 Å². The van der Waals surface area contributed by atoms with Crippen molar-refractivity contribution in [3.05, 3.63) is 4.13 Å². The maximum atomic E-state index is 11.1. The molecule has 0 aromatic heterocycles. The number of ether oxygens (including phenoxy) is 1. The molecule has 0 aromatic carbocycles. The molecule has 0 aromatic rings. The lowest BCUT2D eigenvalue weighted by atomic mass is 10.4. The molecule has 12 heteroatoms. The third kappa shape index (κ3) is 21.9. The third-order valence-electron chi connectivity index (χ3n) is 2.38. The normalized spacial score (nSPS) is 12.9. The van der Waals surface area contributed by atoms with Gasteiger partial charge >= 0.3 is 0 Å². The Morgan fingerprint density at radius 1 is 1.05 bits per heavy atom. The van der Waals surface area contributed by atoms with E-state index >= 15 is 0 Å². The molecular formula is C10H25F2N3O5S2. The first-order chi connectivity index (χ1) is 9.68. The second-order valence-electron chi connectivity index (χ2n) is 5.28. The van der Waals surface area contributed by atoms with Gasteiger partial charge in [0.1, 0.15) is 6.54 Å². The van der Waals surface area contributed by atoms with E-state index in [9.17, 15) is 24.6 Å². The van der Waals surface area contributed by atoms with Crippen LogP contribution in [0.1, 0.15) is 6.92 Å². The SMILES string of the molecule is CCOCC[N+](C)(C)CCN(C)C.O=S(=O)(F)[N-]S(=O)(=O)F. The quantitative estimate of drug-likeness (QED) is 0.333. The van der Waals surface area contributed by atoms with E-state index in [4.69, 9.17) is 4.74 Å². The van der Waals surface area contributed by atoms with Crippen LogP contribution in [0.2, 0.25) is 0 Å². The third-order valence-corrected chi connectivity index (χ3v) is 3.80. The minimum atomic E-state index is -5.62. The van der Waals surface area contributed by atoms with E-state index in [-0.39, 0.29) is 0 Å². The summed E-state index contributed by atoms with van der Waals surface area (Å²) >= 11 is 0. The summed E-state index contributed by atoms with van der Waals surface area (Å²) in [6.07, 6.45) is 0. The molecule has 0 atom stereocenters. The van der Waals surface area contributed by atoms with E-state index in [1.54, 1.807) is 0 Å². The summed E-state index contributed by atoms with van der Waals surface area (Å²) < 4.78 is 66.5. The van der Waals surface area contributed by atoms with Crippen LogP contribution in [0.3, 0.4) is 0 Å². The van der Waals surface area contributed by atoms with E-state index < -0.39 is 20.8 Å². The number of hydrogen-bond acceptors (Lipinski definition) is 6. The molecule has 0 amide bonds. The predicted octanol–water partition coefficient (Wildman–Crippen LogP) is 0.450. The van der Waals surface area contributed by atoms with Gasteiger partial charge < -0.3 is 18.2 Å². The molecule has 0 rings (SSSR count). The van der Waals surface area contributed by atoms with Gasteiger partial charge in [0, 0.05) is 13.2 Å². The number of halogens is 2. The Bertz CT molecular complexity index is 465. The molecule has 0 saturated heterocycles. The minimum absolute atomic E-state index is 0.827.